The van der Waals surface area contributed by atoms with Crippen molar-refractivity contribution in [3.05, 3.63) is 0 Å². The van der Waals surface area contributed by atoms with Crippen molar-refractivity contribution < 1.29 is 26.7 Å². The Morgan fingerprint density at radius 2 is 1.67 bits per heavy atom. The smallest absolute Gasteiger partial charge is 0.351 e. The van der Waals surface area contributed by atoms with Crippen LogP contribution in [0.3, 0.4) is 0 Å². The van der Waals surface area contributed by atoms with Crippen LogP contribution in [0.1, 0.15) is 72.1 Å². The molecular weight excluding hydrogens is 445 g/mol. The number of amides is 1. The first-order valence-electron chi connectivity index (χ1n) is 11.8. The van der Waals surface area contributed by atoms with Gasteiger partial charge in [0, 0.05) is 23.9 Å². The molecule has 0 bridgehead atoms. The number of carbonyl (C=O) groups excluding carboxylic acids is 1. The number of carbonyl (C=O) groups is 1. The number of halogens is 5. The number of rotatable bonds is 3. The molecule has 33 heavy (non-hydrogen) atoms. The lowest BCUT2D eigenvalue weighted by Crippen LogP contribution is -2.52. The Morgan fingerprint density at radius 3 is 2.30 bits per heavy atom. The standard InChI is InChI=1S/C22H36F5N5O/c1-21(2,3)30-20(29-19(33)13-7-8-15(23)16(24)10-13)28-18-11-17(31-32-18)12-5-4-6-14(9-12)22(25,26)27/h12-18,31-32H,4-11H2,1-3H3,(H2,28,29,30,33). The Kier molecular flexibility index (Phi) is 8.24. The maximum atomic E-state index is 13.8. The number of nitrogens with zero attached hydrogens (tertiary/aromatic N) is 1. The van der Waals surface area contributed by atoms with Crippen LogP contribution in [0.2, 0.25) is 0 Å². The van der Waals surface area contributed by atoms with E-state index in [-0.39, 0.29) is 50.0 Å². The molecule has 1 heterocycles. The number of hydrogen-bond acceptors (Lipinski definition) is 4. The molecule has 2 aliphatic carbocycles. The lowest BCUT2D eigenvalue weighted by Gasteiger charge is -2.33. The average Bonchev–Trinajstić information content (AvgIpc) is 3.16. The first kappa shape index (κ1) is 26.1. The zero-order valence-corrected chi connectivity index (χ0v) is 19.4. The van der Waals surface area contributed by atoms with Crippen molar-refractivity contribution in [2.24, 2.45) is 22.7 Å². The quantitative estimate of drug-likeness (QED) is 0.280. The summed E-state index contributed by atoms with van der Waals surface area (Å²) in [5.74, 6) is -2.21. The maximum absolute atomic E-state index is 13.8. The predicted octanol–water partition coefficient (Wildman–Crippen LogP) is 3.88. The van der Waals surface area contributed by atoms with Crippen molar-refractivity contribution >= 4 is 11.9 Å². The van der Waals surface area contributed by atoms with E-state index in [1.54, 1.807) is 0 Å². The molecule has 0 aromatic rings. The second-order valence-electron chi connectivity index (χ2n) is 10.7. The molecule has 0 aromatic carbocycles. The second kappa shape index (κ2) is 10.4. The van der Waals surface area contributed by atoms with E-state index < -0.39 is 48.0 Å². The Balaban J connectivity index is 1.62. The van der Waals surface area contributed by atoms with E-state index >= 15 is 0 Å². The largest absolute Gasteiger partial charge is 0.391 e. The molecule has 1 aliphatic heterocycles. The Hall–Kier alpha value is -1.49. The normalized spacial score (nSPS) is 36.5. The highest BCUT2D eigenvalue weighted by Crippen LogP contribution is 2.41. The molecular formula is C22H36F5N5O. The molecule has 2 saturated carbocycles. The van der Waals surface area contributed by atoms with Crippen LogP contribution in [0.25, 0.3) is 0 Å². The van der Waals surface area contributed by atoms with Gasteiger partial charge in [-0.25, -0.2) is 19.2 Å². The zero-order valence-electron chi connectivity index (χ0n) is 19.4. The fourth-order valence-corrected chi connectivity index (χ4v) is 4.99. The van der Waals surface area contributed by atoms with Gasteiger partial charge in [0.2, 0.25) is 5.91 Å². The third-order valence-electron chi connectivity index (χ3n) is 6.74. The van der Waals surface area contributed by atoms with E-state index in [9.17, 15) is 26.7 Å². The summed E-state index contributed by atoms with van der Waals surface area (Å²) in [6.07, 6.45) is -5.64. The lowest BCUT2D eigenvalue weighted by molar-refractivity contribution is -0.186. The van der Waals surface area contributed by atoms with Gasteiger partial charge in [-0.1, -0.05) is 6.42 Å². The predicted molar refractivity (Wildman–Crippen MR) is 116 cm³/mol. The van der Waals surface area contributed by atoms with Crippen molar-refractivity contribution in [3.63, 3.8) is 0 Å². The first-order chi connectivity index (χ1) is 15.3. The molecule has 11 heteroatoms. The molecule has 3 fully saturated rings. The van der Waals surface area contributed by atoms with Gasteiger partial charge < -0.3 is 5.32 Å². The third kappa shape index (κ3) is 7.50. The average molecular weight is 482 g/mol. The topological polar surface area (TPSA) is 77.6 Å². The minimum atomic E-state index is -4.17. The van der Waals surface area contributed by atoms with Crippen LogP contribution in [0.5, 0.6) is 0 Å². The van der Waals surface area contributed by atoms with Crippen LogP contribution in [0, 0.1) is 17.8 Å². The SMILES string of the molecule is CC(C)(C)N/C(=N\C1CC(C2CCCC(C(F)(F)F)C2)NN1)NC(=O)C1CCC(F)C(F)C1. The van der Waals surface area contributed by atoms with E-state index in [1.807, 2.05) is 20.8 Å². The molecule has 0 radical (unpaired) electrons. The van der Waals surface area contributed by atoms with E-state index in [1.165, 1.54) is 0 Å². The van der Waals surface area contributed by atoms with Crippen LogP contribution in [-0.2, 0) is 4.79 Å². The number of hydrogen-bond donors (Lipinski definition) is 4. The van der Waals surface area contributed by atoms with Gasteiger partial charge in [-0.05, 0) is 65.2 Å². The summed E-state index contributed by atoms with van der Waals surface area (Å²) in [5, 5.41) is 5.85. The highest BCUT2D eigenvalue weighted by Gasteiger charge is 2.44. The van der Waals surface area contributed by atoms with Crippen LogP contribution in [-0.4, -0.2) is 48.1 Å². The van der Waals surface area contributed by atoms with E-state index in [0.717, 1.165) is 6.42 Å². The Morgan fingerprint density at radius 1 is 0.939 bits per heavy atom. The minimum Gasteiger partial charge on any atom is -0.351 e. The summed E-state index contributed by atoms with van der Waals surface area (Å²) in [5.41, 5.74) is 5.68. The van der Waals surface area contributed by atoms with E-state index in [2.05, 4.69) is 26.5 Å². The summed E-state index contributed by atoms with van der Waals surface area (Å²) in [6.45, 7) is 5.68. The van der Waals surface area contributed by atoms with Crippen LogP contribution in [0.4, 0.5) is 22.0 Å². The van der Waals surface area contributed by atoms with Crippen molar-refractivity contribution in [1.29, 1.82) is 0 Å². The van der Waals surface area contributed by atoms with E-state index in [0.29, 0.717) is 12.8 Å². The molecule has 6 nitrogen and oxygen atoms in total. The van der Waals surface area contributed by atoms with Gasteiger partial charge in [-0.15, -0.1) is 0 Å². The highest BCUT2D eigenvalue weighted by molar-refractivity contribution is 5.98. The van der Waals surface area contributed by atoms with Gasteiger partial charge in [0.05, 0.1) is 5.92 Å². The van der Waals surface area contributed by atoms with Gasteiger partial charge in [0.15, 0.2) is 5.96 Å². The molecule has 0 spiro atoms. The van der Waals surface area contributed by atoms with Gasteiger partial charge in [-0.2, -0.15) is 13.2 Å². The van der Waals surface area contributed by atoms with Crippen LogP contribution in [0.15, 0.2) is 4.99 Å². The van der Waals surface area contributed by atoms with Crippen molar-refractivity contribution in [2.75, 3.05) is 0 Å². The summed E-state index contributed by atoms with van der Waals surface area (Å²) in [4.78, 5) is 17.3. The molecule has 1 saturated heterocycles. The molecule has 7 atom stereocenters. The molecule has 3 aliphatic rings. The summed E-state index contributed by atoms with van der Waals surface area (Å²) < 4.78 is 66.7. The molecule has 3 rings (SSSR count). The molecule has 0 aromatic heterocycles. The number of hydrazine groups is 1. The fourth-order valence-electron chi connectivity index (χ4n) is 4.99. The first-order valence-corrected chi connectivity index (χ1v) is 11.8. The number of guanidine groups is 1. The Labute approximate surface area is 191 Å². The summed E-state index contributed by atoms with van der Waals surface area (Å²) >= 11 is 0. The van der Waals surface area contributed by atoms with Crippen molar-refractivity contribution in [1.82, 2.24) is 21.5 Å². The number of aliphatic imine (C=N–C) groups is 1. The molecule has 1 amide bonds. The molecule has 4 N–H and O–H groups in total. The third-order valence-corrected chi connectivity index (χ3v) is 6.74. The second-order valence-corrected chi connectivity index (χ2v) is 10.7. The number of alkyl halides is 5. The number of nitrogens with one attached hydrogen (secondary N) is 4. The van der Waals surface area contributed by atoms with Crippen LogP contribution >= 0.6 is 0 Å². The van der Waals surface area contributed by atoms with Gasteiger partial charge in [0.1, 0.15) is 18.5 Å². The summed E-state index contributed by atoms with van der Waals surface area (Å²) in [6, 6.07) is -0.150. The van der Waals surface area contributed by atoms with Crippen LogP contribution < -0.4 is 21.5 Å². The highest BCUT2D eigenvalue weighted by atomic mass is 19.4. The zero-order chi connectivity index (χ0) is 24.4. The monoisotopic (exact) mass is 481 g/mol. The van der Waals surface area contributed by atoms with Gasteiger partial charge in [0.25, 0.3) is 0 Å². The van der Waals surface area contributed by atoms with Gasteiger partial charge in [-0.3, -0.25) is 15.5 Å². The molecule has 7 unspecified atom stereocenters. The lowest BCUT2D eigenvalue weighted by atomic mass is 9.77. The minimum absolute atomic E-state index is 0.00845. The summed E-state index contributed by atoms with van der Waals surface area (Å²) in [7, 11) is 0. The van der Waals surface area contributed by atoms with Gasteiger partial charge >= 0.3 is 6.18 Å². The van der Waals surface area contributed by atoms with Crippen molar-refractivity contribution in [3.8, 4) is 0 Å². The van der Waals surface area contributed by atoms with Crippen molar-refractivity contribution in [2.45, 2.75) is 108 Å². The fraction of sp³-hybridized carbons (Fsp3) is 0.909. The molecule has 190 valence electrons. The maximum Gasteiger partial charge on any atom is 0.391 e. The Bertz CT molecular complexity index is 710. The van der Waals surface area contributed by atoms with E-state index in [4.69, 9.17) is 0 Å².